The summed E-state index contributed by atoms with van der Waals surface area (Å²) in [6, 6.07) is 0.946. The van der Waals surface area contributed by atoms with Crippen molar-refractivity contribution in [3.05, 3.63) is 17.7 Å². The Morgan fingerprint density at radius 3 is 2.33 bits per heavy atom. The van der Waals surface area contributed by atoms with Crippen LogP contribution >= 0.6 is 0 Å². The average molecular weight is 257 g/mol. The van der Waals surface area contributed by atoms with Gasteiger partial charge in [-0.1, -0.05) is 13.8 Å². The zero-order valence-electron chi connectivity index (χ0n) is 11.3. The van der Waals surface area contributed by atoms with Crippen LogP contribution in [0.3, 0.4) is 0 Å². The highest BCUT2D eigenvalue weighted by molar-refractivity contribution is 5.47. The summed E-state index contributed by atoms with van der Waals surface area (Å²) < 4.78 is 26.9. The van der Waals surface area contributed by atoms with Crippen LogP contribution in [-0.2, 0) is 0 Å². The van der Waals surface area contributed by atoms with Gasteiger partial charge in [-0.05, 0) is 26.2 Å². The van der Waals surface area contributed by atoms with Gasteiger partial charge in [0.15, 0.2) is 23.3 Å². The van der Waals surface area contributed by atoms with Crippen molar-refractivity contribution in [3.63, 3.8) is 0 Å². The van der Waals surface area contributed by atoms with Crippen molar-refractivity contribution in [2.24, 2.45) is 5.92 Å². The number of hydrogen-bond donors (Lipinski definition) is 2. The van der Waals surface area contributed by atoms with Crippen LogP contribution in [0.25, 0.3) is 0 Å². The topological polar surface area (TPSA) is 37.0 Å². The highest BCUT2D eigenvalue weighted by Gasteiger charge is 2.13. The van der Waals surface area contributed by atoms with Crippen LogP contribution in [0.15, 0.2) is 6.07 Å². The first-order chi connectivity index (χ1) is 8.43. The zero-order chi connectivity index (χ0) is 13.7. The van der Waals surface area contributed by atoms with Gasteiger partial charge in [0.1, 0.15) is 0 Å². The second kappa shape index (κ2) is 6.52. The maximum atomic E-state index is 13.6. The van der Waals surface area contributed by atoms with Crippen molar-refractivity contribution < 1.29 is 8.78 Å². The predicted molar refractivity (Wildman–Crippen MR) is 70.9 cm³/mol. The van der Waals surface area contributed by atoms with Crippen LogP contribution in [0.4, 0.5) is 20.4 Å². The van der Waals surface area contributed by atoms with Gasteiger partial charge in [0.2, 0.25) is 0 Å². The molecule has 1 aromatic heterocycles. The fourth-order valence-electron chi connectivity index (χ4n) is 1.86. The van der Waals surface area contributed by atoms with Crippen LogP contribution in [0.1, 0.15) is 34.1 Å². The quantitative estimate of drug-likeness (QED) is 0.817. The molecule has 1 atom stereocenters. The van der Waals surface area contributed by atoms with E-state index in [1.807, 2.05) is 13.8 Å². The third-order valence-corrected chi connectivity index (χ3v) is 2.48. The molecular weight excluding hydrogens is 236 g/mol. The summed E-state index contributed by atoms with van der Waals surface area (Å²) in [5.41, 5.74) is 0. The van der Waals surface area contributed by atoms with Crippen LogP contribution in [0.5, 0.6) is 0 Å². The molecule has 102 valence electrons. The van der Waals surface area contributed by atoms with Gasteiger partial charge < -0.3 is 10.6 Å². The van der Waals surface area contributed by atoms with Gasteiger partial charge in [-0.3, -0.25) is 0 Å². The van der Waals surface area contributed by atoms with Crippen molar-refractivity contribution in [2.75, 3.05) is 17.2 Å². The number of pyridine rings is 1. The molecule has 0 radical (unpaired) electrons. The summed E-state index contributed by atoms with van der Waals surface area (Å²) >= 11 is 0. The Bertz CT molecular complexity index is 394. The molecule has 18 heavy (non-hydrogen) atoms. The smallest absolute Gasteiger partial charge is 0.168 e. The molecule has 0 fully saturated rings. The Hall–Kier alpha value is -1.39. The van der Waals surface area contributed by atoms with Crippen LogP contribution < -0.4 is 10.6 Å². The number of halogens is 2. The first-order valence-electron chi connectivity index (χ1n) is 6.30. The van der Waals surface area contributed by atoms with Crippen molar-refractivity contribution in [2.45, 2.75) is 40.2 Å². The standard InChI is InChI=1S/C13H21F2N3/c1-5-16-12-10(14)7-11(15)13(18-12)17-9(4)6-8(2)3/h7-9H,5-6H2,1-4H3,(H2,16,17,18). The highest BCUT2D eigenvalue weighted by atomic mass is 19.1. The van der Waals surface area contributed by atoms with E-state index in [9.17, 15) is 8.78 Å². The largest absolute Gasteiger partial charge is 0.368 e. The predicted octanol–water partition coefficient (Wildman–Crippen LogP) is 3.64. The van der Waals surface area contributed by atoms with Gasteiger partial charge in [-0.25, -0.2) is 13.8 Å². The number of nitrogens with one attached hydrogen (secondary N) is 2. The number of aromatic nitrogens is 1. The molecule has 5 heteroatoms. The Morgan fingerprint density at radius 2 is 1.78 bits per heavy atom. The van der Waals surface area contributed by atoms with E-state index in [0.29, 0.717) is 12.5 Å². The van der Waals surface area contributed by atoms with Crippen molar-refractivity contribution in [1.29, 1.82) is 0 Å². The van der Waals surface area contributed by atoms with Gasteiger partial charge >= 0.3 is 0 Å². The maximum Gasteiger partial charge on any atom is 0.168 e. The Kier molecular flexibility index (Phi) is 5.31. The van der Waals surface area contributed by atoms with Gasteiger partial charge in [-0.15, -0.1) is 0 Å². The SMILES string of the molecule is CCNc1nc(NC(C)CC(C)C)c(F)cc1F. The Labute approximate surface area is 107 Å². The van der Waals surface area contributed by atoms with E-state index in [1.54, 1.807) is 0 Å². The van der Waals surface area contributed by atoms with E-state index >= 15 is 0 Å². The first-order valence-corrected chi connectivity index (χ1v) is 6.30. The normalized spacial score (nSPS) is 12.6. The van der Waals surface area contributed by atoms with E-state index in [2.05, 4.69) is 29.5 Å². The third kappa shape index (κ3) is 4.13. The van der Waals surface area contributed by atoms with E-state index in [0.717, 1.165) is 12.5 Å². The fraction of sp³-hybridized carbons (Fsp3) is 0.615. The molecule has 0 bridgehead atoms. The molecule has 0 aliphatic carbocycles. The first kappa shape index (κ1) is 14.7. The van der Waals surface area contributed by atoms with Crippen LogP contribution in [-0.4, -0.2) is 17.6 Å². The lowest BCUT2D eigenvalue weighted by atomic mass is 10.1. The Balaban J connectivity index is 2.84. The second-order valence-electron chi connectivity index (χ2n) is 4.85. The summed E-state index contributed by atoms with van der Waals surface area (Å²) in [6.07, 6.45) is 0.898. The molecule has 0 amide bonds. The fourth-order valence-corrected chi connectivity index (χ4v) is 1.86. The molecule has 0 spiro atoms. The summed E-state index contributed by atoms with van der Waals surface area (Å²) in [7, 11) is 0. The van der Waals surface area contributed by atoms with Crippen molar-refractivity contribution in [3.8, 4) is 0 Å². The molecule has 3 nitrogen and oxygen atoms in total. The lowest BCUT2D eigenvalue weighted by Gasteiger charge is -2.17. The summed E-state index contributed by atoms with van der Waals surface area (Å²) in [4.78, 5) is 3.94. The van der Waals surface area contributed by atoms with Crippen molar-refractivity contribution in [1.82, 2.24) is 4.98 Å². The Morgan fingerprint density at radius 1 is 1.17 bits per heavy atom. The van der Waals surface area contributed by atoms with E-state index in [1.165, 1.54) is 0 Å². The molecular formula is C13H21F2N3. The van der Waals surface area contributed by atoms with Gasteiger partial charge in [-0.2, -0.15) is 0 Å². The molecule has 1 heterocycles. The minimum absolute atomic E-state index is 0.0816. The van der Waals surface area contributed by atoms with E-state index in [-0.39, 0.29) is 17.7 Å². The molecule has 1 rings (SSSR count). The number of nitrogens with zero attached hydrogens (tertiary/aromatic N) is 1. The molecule has 2 N–H and O–H groups in total. The minimum atomic E-state index is -0.670. The second-order valence-corrected chi connectivity index (χ2v) is 4.85. The summed E-state index contributed by atoms with van der Waals surface area (Å²) in [5.74, 6) is -0.649. The van der Waals surface area contributed by atoms with Gasteiger partial charge in [0.05, 0.1) is 0 Å². The third-order valence-electron chi connectivity index (χ3n) is 2.48. The number of anilines is 2. The lowest BCUT2D eigenvalue weighted by Crippen LogP contribution is -2.20. The number of rotatable bonds is 6. The molecule has 0 saturated carbocycles. The van der Waals surface area contributed by atoms with E-state index < -0.39 is 11.6 Å². The number of hydrogen-bond acceptors (Lipinski definition) is 3. The summed E-state index contributed by atoms with van der Waals surface area (Å²) in [6.45, 7) is 8.51. The molecule has 0 aliphatic heterocycles. The molecule has 0 saturated heterocycles. The molecule has 1 aromatic rings. The van der Waals surface area contributed by atoms with Crippen LogP contribution in [0, 0.1) is 17.6 Å². The van der Waals surface area contributed by atoms with Crippen molar-refractivity contribution >= 4 is 11.6 Å². The van der Waals surface area contributed by atoms with Gasteiger partial charge in [0.25, 0.3) is 0 Å². The maximum absolute atomic E-state index is 13.6. The molecule has 1 unspecified atom stereocenters. The van der Waals surface area contributed by atoms with E-state index in [4.69, 9.17) is 0 Å². The monoisotopic (exact) mass is 257 g/mol. The summed E-state index contributed by atoms with van der Waals surface area (Å²) in [5, 5.41) is 5.74. The molecule has 0 aliphatic rings. The highest BCUT2D eigenvalue weighted by Crippen LogP contribution is 2.20. The lowest BCUT2D eigenvalue weighted by molar-refractivity contribution is 0.531. The van der Waals surface area contributed by atoms with Gasteiger partial charge in [0, 0.05) is 18.7 Å². The zero-order valence-corrected chi connectivity index (χ0v) is 11.3. The minimum Gasteiger partial charge on any atom is -0.368 e. The average Bonchev–Trinajstić information content (AvgIpc) is 2.24. The van der Waals surface area contributed by atoms with Crippen LogP contribution in [0.2, 0.25) is 0 Å². The molecule has 0 aromatic carbocycles.